The number of amides is 1. The van der Waals surface area contributed by atoms with Gasteiger partial charge in [0, 0.05) is 10.4 Å². The van der Waals surface area contributed by atoms with Crippen LogP contribution in [0.5, 0.6) is 11.5 Å². The Morgan fingerprint density at radius 3 is 2.38 bits per heavy atom. The summed E-state index contributed by atoms with van der Waals surface area (Å²) in [6.45, 7) is 4.33. The van der Waals surface area contributed by atoms with Crippen molar-refractivity contribution < 1.29 is 24.2 Å². The Morgan fingerprint density at radius 2 is 1.79 bits per heavy atom. The fourth-order valence-electron chi connectivity index (χ4n) is 4.23. The number of hydrogen-bond donors (Lipinski definition) is 1. The molecule has 0 aliphatic carbocycles. The van der Waals surface area contributed by atoms with Gasteiger partial charge in [0.25, 0.3) is 11.7 Å². The van der Waals surface area contributed by atoms with Crippen LogP contribution in [-0.2, 0) is 16.1 Å². The third-order valence-corrected chi connectivity index (χ3v) is 6.86. The maximum atomic E-state index is 13.3. The van der Waals surface area contributed by atoms with Crippen molar-refractivity contribution in [1.82, 2.24) is 4.90 Å². The zero-order chi connectivity index (χ0) is 24.4. The summed E-state index contributed by atoms with van der Waals surface area (Å²) in [6, 6.07) is 15.6. The molecule has 1 aromatic heterocycles. The van der Waals surface area contributed by atoms with Gasteiger partial charge in [0.1, 0.15) is 17.3 Å². The molecular weight excluding hydrogens is 450 g/mol. The standard InChI is InChI=1S/C27H27NO5S/c1-16(2)21-14-18(9-12-22(21)33-4)25(29)23-24(17-7-10-19(32-3)11-8-17)28(27(31)26(23)30)15-20-6-5-13-34-20/h5-14,16,24,29H,15H2,1-4H3/b25-23-. The minimum Gasteiger partial charge on any atom is -0.507 e. The number of Topliss-reactive ketones (excluding diaryl/α,β-unsaturated/α-hetero) is 1. The van der Waals surface area contributed by atoms with Crippen LogP contribution in [0, 0.1) is 0 Å². The molecule has 1 aliphatic heterocycles. The fourth-order valence-corrected chi connectivity index (χ4v) is 4.94. The van der Waals surface area contributed by atoms with Crippen LogP contribution in [0.25, 0.3) is 5.76 Å². The molecule has 2 heterocycles. The molecule has 1 fully saturated rings. The second kappa shape index (κ2) is 9.73. The second-order valence-electron chi connectivity index (χ2n) is 8.39. The molecule has 6 nitrogen and oxygen atoms in total. The lowest BCUT2D eigenvalue weighted by molar-refractivity contribution is -0.140. The smallest absolute Gasteiger partial charge is 0.295 e. The van der Waals surface area contributed by atoms with Crippen LogP contribution in [0.15, 0.2) is 65.6 Å². The van der Waals surface area contributed by atoms with E-state index >= 15 is 0 Å². The van der Waals surface area contributed by atoms with E-state index in [1.807, 2.05) is 49.6 Å². The van der Waals surface area contributed by atoms with E-state index in [-0.39, 0.29) is 23.8 Å². The SMILES string of the molecule is COc1ccc(C2/C(=C(/O)c3ccc(OC)c(C(C)C)c3)C(=O)C(=O)N2Cc2cccs2)cc1. The van der Waals surface area contributed by atoms with Crippen molar-refractivity contribution in [2.45, 2.75) is 32.4 Å². The number of carbonyl (C=O) groups is 2. The Kier molecular flexibility index (Phi) is 6.75. The summed E-state index contributed by atoms with van der Waals surface area (Å²) in [6.07, 6.45) is 0. The highest BCUT2D eigenvalue weighted by Gasteiger charge is 2.46. The minimum atomic E-state index is -0.724. The summed E-state index contributed by atoms with van der Waals surface area (Å²) in [4.78, 5) is 28.9. The second-order valence-corrected chi connectivity index (χ2v) is 9.42. The average molecular weight is 478 g/mol. The van der Waals surface area contributed by atoms with Crippen molar-refractivity contribution >= 4 is 28.8 Å². The van der Waals surface area contributed by atoms with Crippen molar-refractivity contribution in [3.8, 4) is 11.5 Å². The topological polar surface area (TPSA) is 76.1 Å². The summed E-state index contributed by atoms with van der Waals surface area (Å²) >= 11 is 1.51. The maximum Gasteiger partial charge on any atom is 0.295 e. The van der Waals surface area contributed by atoms with Crippen molar-refractivity contribution in [3.05, 3.63) is 87.1 Å². The largest absolute Gasteiger partial charge is 0.507 e. The van der Waals surface area contributed by atoms with Gasteiger partial charge in [-0.05, 0) is 58.8 Å². The van der Waals surface area contributed by atoms with Gasteiger partial charge >= 0.3 is 0 Å². The highest BCUT2D eigenvalue weighted by molar-refractivity contribution is 7.09. The monoisotopic (exact) mass is 477 g/mol. The summed E-state index contributed by atoms with van der Waals surface area (Å²) in [7, 11) is 3.18. The zero-order valence-electron chi connectivity index (χ0n) is 19.6. The number of ketones is 1. The van der Waals surface area contributed by atoms with E-state index in [0.717, 1.165) is 16.0 Å². The summed E-state index contributed by atoms with van der Waals surface area (Å²) in [5, 5.41) is 13.3. The summed E-state index contributed by atoms with van der Waals surface area (Å²) in [5.74, 6) is -0.0176. The molecule has 3 aromatic rings. The Balaban J connectivity index is 1.87. The Labute approximate surface area is 203 Å². The normalized spacial score (nSPS) is 17.4. The van der Waals surface area contributed by atoms with E-state index in [1.165, 1.54) is 16.2 Å². The molecule has 1 saturated heterocycles. The Hall–Kier alpha value is -3.58. The quantitative estimate of drug-likeness (QED) is 0.276. The van der Waals surface area contributed by atoms with Gasteiger partial charge in [0.15, 0.2) is 0 Å². The number of rotatable bonds is 7. The number of thiophene rings is 1. The Bertz CT molecular complexity index is 1230. The molecule has 176 valence electrons. The molecule has 0 bridgehead atoms. The molecule has 1 aliphatic rings. The molecule has 34 heavy (non-hydrogen) atoms. The molecule has 4 rings (SSSR count). The van der Waals surface area contributed by atoms with E-state index in [0.29, 0.717) is 17.1 Å². The van der Waals surface area contributed by atoms with Crippen LogP contribution in [0.4, 0.5) is 0 Å². The molecule has 2 aromatic carbocycles. The molecule has 7 heteroatoms. The lowest BCUT2D eigenvalue weighted by Crippen LogP contribution is -2.28. The molecule has 0 spiro atoms. The van der Waals surface area contributed by atoms with E-state index < -0.39 is 17.7 Å². The number of hydrogen-bond acceptors (Lipinski definition) is 6. The molecule has 0 saturated carbocycles. The summed E-state index contributed by atoms with van der Waals surface area (Å²) in [5.41, 5.74) is 2.17. The molecule has 1 atom stereocenters. The number of methoxy groups -OCH3 is 2. The van der Waals surface area contributed by atoms with Crippen LogP contribution < -0.4 is 9.47 Å². The molecular formula is C27H27NO5S. The van der Waals surface area contributed by atoms with Crippen LogP contribution in [0.1, 0.15) is 47.4 Å². The van der Waals surface area contributed by atoms with Crippen LogP contribution in [-0.4, -0.2) is 35.9 Å². The third-order valence-electron chi connectivity index (χ3n) is 6.00. The highest BCUT2D eigenvalue weighted by atomic mass is 32.1. The minimum absolute atomic E-state index is 0.0756. The van der Waals surface area contributed by atoms with Gasteiger partial charge in [0.2, 0.25) is 0 Å². The van der Waals surface area contributed by atoms with Gasteiger partial charge in [-0.15, -0.1) is 11.3 Å². The molecule has 1 amide bonds. The van der Waals surface area contributed by atoms with Gasteiger partial charge < -0.3 is 19.5 Å². The van der Waals surface area contributed by atoms with Gasteiger partial charge in [-0.25, -0.2) is 0 Å². The number of aliphatic hydroxyl groups is 1. The van der Waals surface area contributed by atoms with Crippen molar-refractivity contribution in [3.63, 3.8) is 0 Å². The molecule has 0 radical (unpaired) electrons. The van der Waals surface area contributed by atoms with Crippen LogP contribution in [0.3, 0.4) is 0 Å². The van der Waals surface area contributed by atoms with E-state index in [1.54, 1.807) is 38.5 Å². The molecule has 1 unspecified atom stereocenters. The van der Waals surface area contributed by atoms with E-state index in [9.17, 15) is 14.7 Å². The number of ether oxygens (including phenoxy) is 2. The van der Waals surface area contributed by atoms with Crippen LogP contribution in [0.2, 0.25) is 0 Å². The first-order valence-electron chi connectivity index (χ1n) is 11.0. The average Bonchev–Trinajstić information content (AvgIpc) is 3.45. The lowest BCUT2D eigenvalue weighted by Gasteiger charge is -2.25. The number of nitrogens with zero attached hydrogens (tertiary/aromatic N) is 1. The van der Waals surface area contributed by atoms with Crippen molar-refractivity contribution in [2.24, 2.45) is 0 Å². The predicted molar refractivity (Wildman–Crippen MR) is 132 cm³/mol. The predicted octanol–water partition coefficient (Wildman–Crippen LogP) is 5.51. The third kappa shape index (κ3) is 4.31. The summed E-state index contributed by atoms with van der Waals surface area (Å²) < 4.78 is 10.7. The van der Waals surface area contributed by atoms with Crippen molar-refractivity contribution in [1.29, 1.82) is 0 Å². The first kappa shape index (κ1) is 23.6. The number of carbonyl (C=O) groups excluding carboxylic acids is 2. The van der Waals surface area contributed by atoms with Crippen LogP contribution >= 0.6 is 11.3 Å². The molecule has 1 N–H and O–H groups in total. The Morgan fingerprint density at radius 1 is 1.06 bits per heavy atom. The number of likely N-dealkylation sites (tertiary alicyclic amines) is 1. The first-order valence-corrected chi connectivity index (χ1v) is 11.9. The first-order chi connectivity index (χ1) is 16.3. The van der Waals surface area contributed by atoms with E-state index in [2.05, 4.69) is 0 Å². The van der Waals surface area contributed by atoms with E-state index in [4.69, 9.17) is 9.47 Å². The number of aliphatic hydroxyl groups excluding tert-OH is 1. The fraction of sp³-hybridized carbons (Fsp3) is 0.259. The zero-order valence-corrected chi connectivity index (χ0v) is 20.4. The van der Waals surface area contributed by atoms with Gasteiger partial charge in [-0.1, -0.05) is 32.0 Å². The van der Waals surface area contributed by atoms with Gasteiger partial charge in [0.05, 0.1) is 32.4 Å². The lowest BCUT2D eigenvalue weighted by atomic mass is 9.93. The maximum absolute atomic E-state index is 13.3. The van der Waals surface area contributed by atoms with Crippen molar-refractivity contribution in [2.75, 3.05) is 14.2 Å². The highest BCUT2D eigenvalue weighted by Crippen LogP contribution is 2.41. The van der Waals surface area contributed by atoms with Gasteiger partial charge in [-0.2, -0.15) is 0 Å². The van der Waals surface area contributed by atoms with Gasteiger partial charge in [-0.3, -0.25) is 9.59 Å². The number of benzene rings is 2.